The highest BCUT2D eigenvalue weighted by Gasteiger charge is 2.24. The lowest BCUT2D eigenvalue weighted by Crippen LogP contribution is -2.32. The van der Waals surface area contributed by atoms with Crippen LogP contribution < -0.4 is 0 Å². The molecular formula is C19H30N2O3. The number of hydrogen-bond acceptors (Lipinski definition) is 4. The molecule has 0 aromatic carbocycles. The van der Waals surface area contributed by atoms with Gasteiger partial charge >= 0.3 is 5.97 Å². The first-order valence-electron chi connectivity index (χ1n) is 9.02. The molecule has 0 atom stereocenters. The van der Waals surface area contributed by atoms with Gasteiger partial charge in [0, 0.05) is 12.2 Å². The van der Waals surface area contributed by atoms with E-state index < -0.39 is 0 Å². The number of H-pyrrole nitrogens is 1. The zero-order chi connectivity index (χ0) is 17.7. The predicted molar refractivity (Wildman–Crippen MR) is 94.6 cm³/mol. The number of aromatic nitrogens is 1. The molecule has 134 valence electrons. The molecule has 0 unspecified atom stereocenters. The fraction of sp³-hybridized carbons (Fsp3) is 0.684. The summed E-state index contributed by atoms with van der Waals surface area (Å²) in [7, 11) is 2.00. The number of nitrogens with one attached hydrogen (secondary N) is 1. The molecule has 1 saturated carbocycles. The number of carbonyl (C=O) groups excluding carboxylic acids is 2. The molecule has 1 aliphatic rings. The molecule has 2 rings (SSSR count). The number of ketones is 1. The van der Waals surface area contributed by atoms with Crippen LogP contribution >= 0.6 is 0 Å². The fourth-order valence-corrected chi connectivity index (χ4v) is 3.74. The minimum absolute atomic E-state index is 0.0319. The molecule has 1 N–H and O–H groups in total. The highest BCUT2D eigenvalue weighted by molar-refractivity contribution is 6.02. The maximum absolute atomic E-state index is 12.6. The Hall–Kier alpha value is -1.62. The summed E-state index contributed by atoms with van der Waals surface area (Å²) >= 11 is 0. The third-order valence-electron chi connectivity index (χ3n) is 4.90. The fourth-order valence-electron chi connectivity index (χ4n) is 3.74. The first-order chi connectivity index (χ1) is 11.4. The number of rotatable bonds is 7. The second kappa shape index (κ2) is 8.47. The van der Waals surface area contributed by atoms with Crippen LogP contribution in [0.4, 0.5) is 0 Å². The van der Waals surface area contributed by atoms with Crippen molar-refractivity contribution in [2.24, 2.45) is 5.92 Å². The van der Waals surface area contributed by atoms with Crippen LogP contribution in [0, 0.1) is 19.8 Å². The molecule has 1 aromatic rings. The Bertz CT molecular complexity index is 586. The smallest absolute Gasteiger partial charge is 0.340 e. The lowest BCUT2D eigenvalue weighted by Gasteiger charge is -2.26. The quantitative estimate of drug-likeness (QED) is 0.612. The van der Waals surface area contributed by atoms with E-state index in [1.54, 1.807) is 6.92 Å². The van der Waals surface area contributed by atoms with Crippen molar-refractivity contribution in [1.82, 2.24) is 9.88 Å². The van der Waals surface area contributed by atoms with Crippen molar-refractivity contribution < 1.29 is 14.3 Å². The van der Waals surface area contributed by atoms with Gasteiger partial charge in [0.15, 0.2) is 5.78 Å². The average Bonchev–Trinajstić information content (AvgIpc) is 2.83. The Kier molecular flexibility index (Phi) is 6.60. The van der Waals surface area contributed by atoms with Gasteiger partial charge in [0.25, 0.3) is 0 Å². The van der Waals surface area contributed by atoms with Crippen molar-refractivity contribution in [2.75, 3.05) is 26.7 Å². The topological polar surface area (TPSA) is 62.4 Å². The number of aryl methyl sites for hydroxylation is 1. The van der Waals surface area contributed by atoms with Gasteiger partial charge in [0.1, 0.15) is 0 Å². The summed E-state index contributed by atoms with van der Waals surface area (Å²) < 4.78 is 5.08. The Balaban J connectivity index is 2.01. The van der Waals surface area contributed by atoms with Crippen LogP contribution in [0.2, 0.25) is 0 Å². The zero-order valence-electron chi connectivity index (χ0n) is 15.4. The molecule has 0 spiro atoms. The summed E-state index contributed by atoms with van der Waals surface area (Å²) in [6, 6.07) is 0. The highest BCUT2D eigenvalue weighted by Crippen LogP contribution is 2.24. The SMILES string of the molecule is CCOC(=O)c1c(C)[nH]c(C(=O)CN(C)CC2CCCCC2)c1C. The molecule has 1 aliphatic carbocycles. The van der Waals surface area contributed by atoms with E-state index in [4.69, 9.17) is 4.74 Å². The van der Waals surface area contributed by atoms with Gasteiger partial charge in [-0.15, -0.1) is 0 Å². The first-order valence-corrected chi connectivity index (χ1v) is 9.02. The lowest BCUT2D eigenvalue weighted by atomic mass is 9.89. The van der Waals surface area contributed by atoms with Gasteiger partial charge < -0.3 is 9.72 Å². The van der Waals surface area contributed by atoms with E-state index in [0.29, 0.717) is 41.6 Å². The maximum atomic E-state index is 12.6. The summed E-state index contributed by atoms with van der Waals surface area (Å²) in [5.41, 5.74) is 2.42. The molecule has 0 bridgehead atoms. The van der Waals surface area contributed by atoms with E-state index in [-0.39, 0.29) is 11.8 Å². The number of nitrogens with zero attached hydrogens (tertiary/aromatic N) is 1. The van der Waals surface area contributed by atoms with Crippen molar-refractivity contribution in [3.05, 3.63) is 22.5 Å². The van der Waals surface area contributed by atoms with Gasteiger partial charge in [-0.05, 0) is 52.1 Å². The predicted octanol–water partition coefficient (Wildman–Crippen LogP) is 3.50. The van der Waals surface area contributed by atoms with Crippen molar-refractivity contribution in [1.29, 1.82) is 0 Å². The van der Waals surface area contributed by atoms with Gasteiger partial charge in [-0.1, -0.05) is 19.3 Å². The van der Waals surface area contributed by atoms with Crippen molar-refractivity contribution in [3.8, 4) is 0 Å². The number of carbonyl (C=O) groups is 2. The number of Topliss-reactive ketones (excluding diaryl/α,β-unsaturated/α-hetero) is 1. The molecule has 0 amide bonds. The van der Waals surface area contributed by atoms with Crippen molar-refractivity contribution >= 4 is 11.8 Å². The van der Waals surface area contributed by atoms with E-state index in [1.807, 2.05) is 20.9 Å². The molecule has 1 fully saturated rings. The van der Waals surface area contributed by atoms with Crippen LogP contribution in [0.15, 0.2) is 0 Å². The van der Waals surface area contributed by atoms with Crippen molar-refractivity contribution in [3.63, 3.8) is 0 Å². The Morgan fingerprint density at radius 2 is 1.88 bits per heavy atom. The number of aromatic amines is 1. The molecule has 5 nitrogen and oxygen atoms in total. The summed E-state index contributed by atoms with van der Waals surface area (Å²) in [6.45, 7) is 7.07. The monoisotopic (exact) mass is 334 g/mol. The minimum atomic E-state index is -0.363. The normalized spacial score (nSPS) is 15.7. The zero-order valence-corrected chi connectivity index (χ0v) is 15.4. The van der Waals surface area contributed by atoms with Crippen LogP contribution in [0.5, 0.6) is 0 Å². The molecule has 0 radical (unpaired) electrons. The summed E-state index contributed by atoms with van der Waals surface area (Å²) in [4.78, 5) is 29.9. The molecule has 0 aliphatic heterocycles. The lowest BCUT2D eigenvalue weighted by molar-refractivity contribution is 0.0525. The number of likely N-dealkylation sites (N-methyl/N-ethyl adjacent to an activating group) is 1. The van der Waals surface area contributed by atoms with E-state index in [9.17, 15) is 9.59 Å². The minimum Gasteiger partial charge on any atom is -0.462 e. The number of hydrogen-bond donors (Lipinski definition) is 1. The summed E-state index contributed by atoms with van der Waals surface area (Å²) in [5, 5.41) is 0. The third-order valence-corrected chi connectivity index (χ3v) is 4.90. The van der Waals surface area contributed by atoms with E-state index in [2.05, 4.69) is 9.88 Å². The van der Waals surface area contributed by atoms with Crippen molar-refractivity contribution in [2.45, 2.75) is 52.9 Å². The molecule has 24 heavy (non-hydrogen) atoms. The second-order valence-corrected chi connectivity index (χ2v) is 6.97. The third kappa shape index (κ3) is 4.47. The maximum Gasteiger partial charge on any atom is 0.340 e. The summed E-state index contributed by atoms with van der Waals surface area (Å²) in [6.07, 6.45) is 6.50. The molecule has 1 aromatic heterocycles. The Labute approximate surface area is 144 Å². The number of ether oxygens (including phenoxy) is 1. The molecule has 1 heterocycles. The van der Waals surface area contributed by atoms with Gasteiger partial charge in [-0.25, -0.2) is 4.79 Å². The highest BCUT2D eigenvalue weighted by atomic mass is 16.5. The van der Waals surface area contributed by atoms with Crippen LogP contribution in [0.1, 0.15) is 71.1 Å². The van der Waals surface area contributed by atoms with E-state index in [0.717, 1.165) is 6.54 Å². The number of esters is 1. The molecular weight excluding hydrogens is 304 g/mol. The van der Waals surface area contributed by atoms with Crippen LogP contribution in [0.3, 0.4) is 0 Å². The Morgan fingerprint density at radius 1 is 1.21 bits per heavy atom. The Morgan fingerprint density at radius 3 is 2.50 bits per heavy atom. The van der Waals surface area contributed by atoms with E-state index in [1.165, 1.54) is 32.1 Å². The molecule has 5 heteroatoms. The standard InChI is InChI=1S/C19H30N2O3/c1-5-24-19(23)17-13(2)18(20-14(17)3)16(22)12-21(4)11-15-9-7-6-8-10-15/h15,20H,5-12H2,1-4H3. The molecule has 0 saturated heterocycles. The van der Waals surface area contributed by atoms with Gasteiger partial charge in [-0.3, -0.25) is 9.69 Å². The van der Waals surface area contributed by atoms with Crippen LogP contribution in [0.25, 0.3) is 0 Å². The summed E-state index contributed by atoms with van der Waals surface area (Å²) in [5.74, 6) is 0.376. The largest absolute Gasteiger partial charge is 0.462 e. The average molecular weight is 334 g/mol. The second-order valence-electron chi connectivity index (χ2n) is 6.97. The van der Waals surface area contributed by atoms with Crippen LogP contribution in [-0.2, 0) is 4.74 Å². The van der Waals surface area contributed by atoms with E-state index >= 15 is 0 Å². The van der Waals surface area contributed by atoms with Gasteiger partial charge in [-0.2, -0.15) is 0 Å². The van der Waals surface area contributed by atoms with Gasteiger partial charge in [0.05, 0.1) is 24.4 Å². The first kappa shape index (κ1) is 18.7. The van der Waals surface area contributed by atoms with Gasteiger partial charge in [0.2, 0.25) is 0 Å². The van der Waals surface area contributed by atoms with Crippen LogP contribution in [-0.4, -0.2) is 48.4 Å².